The summed E-state index contributed by atoms with van der Waals surface area (Å²) >= 11 is 0.938. The molecule has 1 aliphatic heterocycles. The lowest BCUT2D eigenvalue weighted by molar-refractivity contribution is -0.124. The summed E-state index contributed by atoms with van der Waals surface area (Å²) in [6.45, 7) is 2.58. The zero-order valence-corrected chi connectivity index (χ0v) is 14.6. The third-order valence-electron chi connectivity index (χ3n) is 3.64. The van der Waals surface area contributed by atoms with Gasteiger partial charge in [-0.1, -0.05) is 50.1 Å². The van der Waals surface area contributed by atoms with Crippen LogP contribution in [0.25, 0.3) is 6.08 Å². The van der Waals surface area contributed by atoms with Crippen LogP contribution in [0, 0.1) is 0 Å². The number of unbranched alkanes of at least 4 members (excludes halogenated alkanes) is 2. The van der Waals surface area contributed by atoms with Crippen molar-refractivity contribution in [3.8, 4) is 0 Å². The van der Waals surface area contributed by atoms with Crippen LogP contribution >= 0.6 is 11.8 Å². The van der Waals surface area contributed by atoms with E-state index in [1.807, 2.05) is 30.3 Å². The molecule has 0 spiro atoms. The third kappa shape index (κ3) is 5.23. The van der Waals surface area contributed by atoms with E-state index < -0.39 is 0 Å². The van der Waals surface area contributed by atoms with Crippen LogP contribution in [-0.2, 0) is 9.59 Å². The largest absolute Gasteiger partial charge is 0.354 e. The second-order valence-electron chi connectivity index (χ2n) is 5.55. The van der Waals surface area contributed by atoms with Gasteiger partial charge >= 0.3 is 0 Å². The highest BCUT2D eigenvalue weighted by atomic mass is 32.2. The lowest BCUT2D eigenvalue weighted by Crippen LogP contribution is -2.37. The van der Waals surface area contributed by atoms with Crippen molar-refractivity contribution in [2.45, 2.75) is 32.6 Å². The van der Waals surface area contributed by atoms with Crippen molar-refractivity contribution >= 4 is 34.9 Å². The van der Waals surface area contributed by atoms with Gasteiger partial charge in [0.05, 0.1) is 4.91 Å². The average molecular weight is 346 g/mol. The van der Waals surface area contributed by atoms with Gasteiger partial charge in [0.25, 0.3) is 11.1 Å². The van der Waals surface area contributed by atoms with Gasteiger partial charge in [0.1, 0.15) is 0 Å². The maximum atomic E-state index is 12.3. The Labute approximate surface area is 146 Å². The van der Waals surface area contributed by atoms with Crippen LogP contribution in [-0.4, -0.2) is 35.0 Å². The lowest BCUT2D eigenvalue weighted by atomic mass is 10.2. The first-order valence-corrected chi connectivity index (χ1v) is 9.00. The number of carbonyl (C=O) groups excluding carboxylic acids is 3. The van der Waals surface area contributed by atoms with Gasteiger partial charge in [0, 0.05) is 19.5 Å². The Hall–Kier alpha value is -2.08. The van der Waals surface area contributed by atoms with E-state index in [4.69, 9.17) is 0 Å². The molecule has 0 unspecified atom stereocenters. The average Bonchev–Trinajstić information content (AvgIpc) is 2.83. The molecule has 1 aromatic rings. The third-order valence-corrected chi connectivity index (χ3v) is 4.54. The number of nitrogens with zero attached hydrogens (tertiary/aromatic N) is 1. The molecule has 3 amide bonds. The van der Waals surface area contributed by atoms with Crippen molar-refractivity contribution in [2.24, 2.45) is 0 Å². The molecule has 1 heterocycles. The number of benzene rings is 1. The van der Waals surface area contributed by atoms with Gasteiger partial charge in [-0.05, 0) is 29.8 Å². The molecule has 0 bridgehead atoms. The van der Waals surface area contributed by atoms with E-state index in [1.54, 1.807) is 6.08 Å². The zero-order chi connectivity index (χ0) is 17.4. The summed E-state index contributed by atoms with van der Waals surface area (Å²) in [5, 5.41) is 2.47. The van der Waals surface area contributed by atoms with Gasteiger partial charge in [0.15, 0.2) is 0 Å². The molecular weight excluding hydrogens is 324 g/mol. The molecule has 0 aromatic heterocycles. The summed E-state index contributed by atoms with van der Waals surface area (Å²) in [6, 6.07) is 9.41. The molecule has 1 aromatic carbocycles. The molecule has 128 valence electrons. The van der Waals surface area contributed by atoms with Gasteiger partial charge in [-0.15, -0.1) is 0 Å². The molecule has 5 nitrogen and oxygen atoms in total. The maximum Gasteiger partial charge on any atom is 0.293 e. The number of rotatable bonds is 8. The SMILES string of the molecule is CCCCCC(=O)NCCN1C(=O)S/C(=C\c2ccccc2)C1=O. The molecule has 1 fully saturated rings. The Bertz CT molecular complexity index is 628. The topological polar surface area (TPSA) is 66.5 Å². The Morgan fingerprint density at radius 2 is 1.96 bits per heavy atom. The molecule has 1 aliphatic rings. The number of imide groups is 1. The number of nitrogens with one attached hydrogen (secondary N) is 1. The second-order valence-corrected chi connectivity index (χ2v) is 6.54. The Balaban J connectivity index is 1.84. The van der Waals surface area contributed by atoms with Gasteiger partial charge < -0.3 is 5.32 Å². The molecule has 0 saturated carbocycles. The molecular formula is C18H22N2O3S. The standard InChI is InChI=1S/C18H22N2O3S/c1-2-3-5-10-16(21)19-11-12-20-17(22)15(24-18(20)23)13-14-8-6-4-7-9-14/h4,6-9,13H,2-3,5,10-12H2,1H3,(H,19,21)/b15-13-. The van der Waals surface area contributed by atoms with Crippen LogP contribution in [0.2, 0.25) is 0 Å². The van der Waals surface area contributed by atoms with Crippen molar-refractivity contribution in [3.05, 3.63) is 40.8 Å². The second kappa shape index (κ2) is 9.27. The number of hydrogen-bond donors (Lipinski definition) is 1. The summed E-state index contributed by atoms with van der Waals surface area (Å²) < 4.78 is 0. The van der Waals surface area contributed by atoms with Crippen LogP contribution in [0.4, 0.5) is 4.79 Å². The smallest absolute Gasteiger partial charge is 0.293 e. The van der Waals surface area contributed by atoms with E-state index in [0.717, 1.165) is 36.6 Å². The van der Waals surface area contributed by atoms with Crippen LogP contribution in [0.15, 0.2) is 35.2 Å². The predicted octanol–water partition coefficient (Wildman–Crippen LogP) is 3.42. The first kappa shape index (κ1) is 18.3. The molecule has 1 saturated heterocycles. The van der Waals surface area contributed by atoms with Gasteiger partial charge in [-0.3, -0.25) is 19.3 Å². The normalized spacial score (nSPS) is 16.0. The monoisotopic (exact) mass is 346 g/mol. The van der Waals surface area contributed by atoms with E-state index >= 15 is 0 Å². The fourth-order valence-electron chi connectivity index (χ4n) is 2.32. The van der Waals surface area contributed by atoms with Crippen molar-refractivity contribution in [1.29, 1.82) is 0 Å². The van der Waals surface area contributed by atoms with Crippen molar-refractivity contribution in [2.75, 3.05) is 13.1 Å². The highest BCUT2D eigenvalue weighted by Crippen LogP contribution is 2.31. The van der Waals surface area contributed by atoms with E-state index in [2.05, 4.69) is 12.2 Å². The fourth-order valence-corrected chi connectivity index (χ4v) is 3.19. The first-order chi connectivity index (χ1) is 11.6. The summed E-state index contributed by atoms with van der Waals surface area (Å²) in [6.07, 6.45) is 5.17. The van der Waals surface area contributed by atoms with Crippen LogP contribution < -0.4 is 5.32 Å². The minimum Gasteiger partial charge on any atom is -0.354 e. The summed E-state index contributed by atoms with van der Waals surface area (Å²) in [5.74, 6) is -0.329. The Morgan fingerprint density at radius 1 is 1.21 bits per heavy atom. The Morgan fingerprint density at radius 3 is 2.67 bits per heavy atom. The summed E-state index contributed by atoms with van der Waals surface area (Å²) in [4.78, 5) is 37.5. The molecule has 0 aliphatic carbocycles. The van der Waals surface area contributed by atoms with Crippen molar-refractivity contribution in [3.63, 3.8) is 0 Å². The van der Waals surface area contributed by atoms with E-state index in [0.29, 0.717) is 17.9 Å². The summed E-state index contributed by atoms with van der Waals surface area (Å²) in [7, 11) is 0. The van der Waals surface area contributed by atoms with Crippen molar-refractivity contribution < 1.29 is 14.4 Å². The lowest BCUT2D eigenvalue weighted by Gasteiger charge is -2.12. The molecule has 6 heteroatoms. The maximum absolute atomic E-state index is 12.3. The van der Waals surface area contributed by atoms with E-state index in [9.17, 15) is 14.4 Å². The number of thioether (sulfide) groups is 1. The Kier molecular flexibility index (Phi) is 7.06. The fraction of sp³-hybridized carbons (Fsp3) is 0.389. The minimum absolute atomic E-state index is 0.0322. The first-order valence-electron chi connectivity index (χ1n) is 8.19. The highest BCUT2D eigenvalue weighted by Gasteiger charge is 2.34. The summed E-state index contributed by atoms with van der Waals surface area (Å²) in [5.41, 5.74) is 0.882. The number of amides is 3. The van der Waals surface area contributed by atoms with Crippen molar-refractivity contribution in [1.82, 2.24) is 10.2 Å². The number of carbonyl (C=O) groups is 3. The molecule has 24 heavy (non-hydrogen) atoms. The molecule has 0 radical (unpaired) electrons. The van der Waals surface area contributed by atoms with E-state index in [1.165, 1.54) is 4.90 Å². The quantitative estimate of drug-likeness (QED) is 0.578. The van der Waals surface area contributed by atoms with Gasteiger partial charge in [-0.2, -0.15) is 0 Å². The minimum atomic E-state index is -0.297. The van der Waals surface area contributed by atoms with Gasteiger partial charge in [0.2, 0.25) is 5.91 Å². The van der Waals surface area contributed by atoms with Gasteiger partial charge in [-0.25, -0.2) is 0 Å². The predicted molar refractivity (Wildman–Crippen MR) is 96.3 cm³/mol. The molecule has 0 atom stereocenters. The van der Waals surface area contributed by atoms with Crippen LogP contribution in [0.5, 0.6) is 0 Å². The zero-order valence-electron chi connectivity index (χ0n) is 13.8. The molecule has 1 N–H and O–H groups in total. The van der Waals surface area contributed by atoms with E-state index in [-0.39, 0.29) is 23.6 Å². The number of hydrogen-bond acceptors (Lipinski definition) is 4. The van der Waals surface area contributed by atoms with Crippen LogP contribution in [0.3, 0.4) is 0 Å². The van der Waals surface area contributed by atoms with Crippen LogP contribution in [0.1, 0.15) is 38.2 Å². The highest BCUT2D eigenvalue weighted by molar-refractivity contribution is 8.18. The molecule has 2 rings (SSSR count).